The van der Waals surface area contributed by atoms with Gasteiger partial charge in [0.05, 0.1) is 6.61 Å². The molecule has 23 heavy (non-hydrogen) atoms. The second kappa shape index (κ2) is 12.8. The van der Waals surface area contributed by atoms with Crippen molar-refractivity contribution in [2.75, 3.05) is 33.9 Å². The number of carbonyl (C=O) groups excluding carboxylic acids is 1. The van der Waals surface area contributed by atoms with Crippen molar-refractivity contribution in [3.05, 3.63) is 0 Å². The first kappa shape index (κ1) is 20.5. The van der Waals surface area contributed by atoms with Gasteiger partial charge in [-0.15, -0.1) is 0 Å². The molecular formula is C17H36N2O3Si. The van der Waals surface area contributed by atoms with Crippen LogP contribution < -0.4 is 5.32 Å². The Balaban J connectivity index is 2.41. The minimum Gasteiger partial charge on any atom is -0.442 e. The predicted octanol–water partition coefficient (Wildman–Crippen LogP) is 1.95. The first-order chi connectivity index (χ1) is 11.2. The van der Waals surface area contributed by atoms with E-state index in [-0.39, 0.29) is 12.2 Å². The average Bonchev–Trinajstić information content (AvgIpc) is 2.47. The summed E-state index contributed by atoms with van der Waals surface area (Å²) in [5.74, 6) is 0. The summed E-state index contributed by atoms with van der Waals surface area (Å²) >= 11 is 0. The summed E-state index contributed by atoms with van der Waals surface area (Å²) in [7, 11) is 4.99. The van der Waals surface area contributed by atoms with E-state index in [0.29, 0.717) is 19.2 Å². The highest BCUT2D eigenvalue weighted by atomic mass is 28.1. The molecular weight excluding hydrogens is 308 g/mol. The molecule has 5 nitrogen and oxygen atoms in total. The van der Waals surface area contributed by atoms with Crippen LogP contribution in [0.15, 0.2) is 0 Å². The Kier molecular flexibility index (Phi) is 11.4. The number of likely N-dealkylation sites (N-methyl/N-ethyl adjacent to an activating group) is 1. The number of alkyl carbamates (subject to hydrolysis) is 1. The summed E-state index contributed by atoms with van der Waals surface area (Å²) in [4.78, 5) is 14.2. The Hall–Kier alpha value is -0.593. The number of methoxy groups -OCH3 is 1. The molecule has 1 fully saturated rings. The summed E-state index contributed by atoms with van der Waals surface area (Å²) in [6.45, 7) is 1.90. The van der Waals surface area contributed by atoms with Crippen LogP contribution in [-0.4, -0.2) is 67.2 Å². The molecule has 1 N–H and O–H groups in total. The minimum atomic E-state index is -0.312. The van der Waals surface area contributed by atoms with Crippen molar-refractivity contribution in [1.82, 2.24) is 10.2 Å². The summed E-state index contributed by atoms with van der Waals surface area (Å²) in [6, 6.07) is 1.80. The lowest BCUT2D eigenvalue weighted by atomic mass is 9.96. The number of nitrogens with zero attached hydrogens (tertiary/aromatic N) is 1. The Morgan fingerprint density at radius 2 is 1.91 bits per heavy atom. The Morgan fingerprint density at radius 1 is 1.26 bits per heavy atom. The maximum atomic E-state index is 11.9. The van der Waals surface area contributed by atoms with Gasteiger partial charge < -0.3 is 14.8 Å². The topological polar surface area (TPSA) is 50.8 Å². The molecule has 1 atom stereocenters. The molecule has 0 spiro atoms. The molecule has 0 aromatic carbocycles. The van der Waals surface area contributed by atoms with E-state index in [1.165, 1.54) is 61.2 Å². The summed E-state index contributed by atoms with van der Waals surface area (Å²) in [5, 5.41) is 2.83. The molecule has 0 aromatic heterocycles. The maximum absolute atomic E-state index is 11.9. The Labute approximate surface area is 144 Å². The molecule has 0 radical (unpaired) electrons. The van der Waals surface area contributed by atoms with E-state index in [9.17, 15) is 4.79 Å². The summed E-state index contributed by atoms with van der Waals surface area (Å²) in [6.07, 6.45) is 9.74. The van der Waals surface area contributed by atoms with Crippen LogP contribution in [0.3, 0.4) is 0 Å². The van der Waals surface area contributed by atoms with Gasteiger partial charge in [-0.05, 0) is 26.3 Å². The third-order valence-electron chi connectivity index (χ3n) is 4.62. The average molecular weight is 345 g/mol. The molecule has 0 saturated heterocycles. The third-order valence-corrected chi connectivity index (χ3v) is 5.32. The smallest absolute Gasteiger partial charge is 0.407 e. The van der Waals surface area contributed by atoms with Crippen LogP contribution in [0.5, 0.6) is 0 Å². The molecule has 1 saturated carbocycles. The number of amides is 1. The van der Waals surface area contributed by atoms with Crippen LogP contribution in [0.25, 0.3) is 0 Å². The number of ether oxygens (including phenoxy) is 2. The standard InChI is InChI=1S/C17H36N2O3Si/c1-19(15-9-6-4-3-5-7-10-15)13-16(14-21-2)22-17(20)18-11-8-12-23/h15-16H,3-14H2,1-2,23H3,(H,18,20). The van der Waals surface area contributed by atoms with Crippen LogP contribution in [0, 0.1) is 0 Å². The normalized spacial score (nSPS) is 18.4. The molecule has 136 valence electrons. The van der Waals surface area contributed by atoms with Crippen molar-refractivity contribution in [1.29, 1.82) is 0 Å². The van der Waals surface area contributed by atoms with E-state index in [4.69, 9.17) is 9.47 Å². The zero-order chi connectivity index (χ0) is 16.9. The van der Waals surface area contributed by atoms with E-state index in [1.807, 2.05) is 0 Å². The molecule has 6 heteroatoms. The second-order valence-corrected chi connectivity index (χ2v) is 7.70. The van der Waals surface area contributed by atoms with Crippen molar-refractivity contribution in [3.63, 3.8) is 0 Å². The van der Waals surface area contributed by atoms with Gasteiger partial charge in [-0.2, -0.15) is 0 Å². The highest BCUT2D eigenvalue weighted by Gasteiger charge is 2.22. The number of hydrogen-bond donors (Lipinski definition) is 1. The van der Waals surface area contributed by atoms with Crippen molar-refractivity contribution in [3.8, 4) is 0 Å². The van der Waals surface area contributed by atoms with E-state index in [0.717, 1.165) is 13.0 Å². The van der Waals surface area contributed by atoms with Gasteiger partial charge in [0.25, 0.3) is 0 Å². The molecule has 0 aromatic rings. The predicted molar refractivity (Wildman–Crippen MR) is 98.2 cm³/mol. The monoisotopic (exact) mass is 344 g/mol. The number of hydrogen-bond acceptors (Lipinski definition) is 4. The molecule has 1 aliphatic rings. The summed E-state index contributed by atoms with van der Waals surface area (Å²) < 4.78 is 10.8. The Morgan fingerprint density at radius 3 is 2.52 bits per heavy atom. The van der Waals surface area contributed by atoms with Gasteiger partial charge in [0.2, 0.25) is 0 Å². The van der Waals surface area contributed by atoms with Gasteiger partial charge in [0.15, 0.2) is 0 Å². The van der Waals surface area contributed by atoms with Gasteiger partial charge in [0, 0.05) is 36.5 Å². The highest BCUT2D eigenvalue weighted by Crippen LogP contribution is 2.21. The van der Waals surface area contributed by atoms with Gasteiger partial charge in [-0.25, -0.2) is 4.79 Å². The fourth-order valence-corrected chi connectivity index (χ4v) is 3.57. The summed E-state index contributed by atoms with van der Waals surface area (Å²) in [5.41, 5.74) is 0. The molecule has 0 aliphatic heterocycles. The van der Waals surface area contributed by atoms with E-state index in [1.54, 1.807) is 7.11 Å². The third kappa shape index (κ3) is 9.32. The van der Waals surface area contributed by atoms with Gasteiger partial charge in [-0.1, -0.05) is 38.1 Å². The molecule has 0 bridgehead atoms. The molecule has 1 rings (SSSR count). The van der Waals surface area contributed by atoms with Crippen LogP contribution in [0.4, 0.5) is 4.79 Å². The van der Waals surface area contributed by atoms with Crippen LogP contribution in [-0.2, 0) is 9.47 Å². The molecule has 1 unspecified atom stereocenters. The Bertz CT molecular complexity index is 310. The van der Waals surface area contributed by atoms with E-state index < -0.39 is 0 Å². The quantitative estimate of drug-likeness (QED) is 0.513. The first-order valence-electron chi connectivity index (χ1n) is 9.31. The van der Waals surface area contributed by atoms with Crippen molar-refractivity contribution in [2.45, 2.75) is 69.6 Å². The van der Waals surface area contributed by atoms with E-state index >= 15 is 0 Å². The lowest BCUT2D eigenvalue weighted by Gasteiger charge is -2.32. The largest absolute Gasteiger partial charge is 0.442 e. The minimum absolute atomic E-state index is 0.202. The van der Waals surface area contributed by atoms with Crippen LogP contribution >= 0.6 is 0 Å². The fraction of sp³-hybridized carbons (Fsp3) is 0.941. The fourth-order valence-electron chi connectivity index (χ4n) is 3.22. The van der Waals surface area contributed by atoms with Crippen LogP contribution in [0.1, 0.15) is 51.4 Å². The second-order valence-electron chi connectivity index (χ2n) is 6.70. The highest BCUT2D eigenvalue weighted by molar-refractivity contribution is 6.08. The zero-order valence-electron chi connectivity index (χ0n) is 15.3. The van der Waals surface area contributed by atoms with Gasteiger partial charge in [0.1, 0.15) is 6.10 Å². The first-order valence-corrected chi connectivity index (χ1v) is 10.7. The molecule has 1 amide bonds. The van der Waals surface area contributed by atoms with E-state index in [2.05, 4.69) is 17.3 Å². The lowest BCUT2D eigenvalue weighted by Crippen LogP contribution is -2.42. The zero-order valence-corrected chi connectivity index (χ0v) is 17.3. The lowest BCUT2D eigenvalue weighted by molar-refractivity contribution is 0.0138. The number of carbonyl (C=O) groups is 1. The molecule has 0 heterocycles. The molecule has 1 aliphatic carbocycles. The van der Waals surface area contributed by atoms with Crippen molar-refractivity contribution < 1.29 is 14.3 Å². The van der Waals surface area contributed by atoms with Gasteiger partial charge in [-0.3, -0.25) is 4.90 Å². The number of nitrogens with one attached hydrogen (secondary N) is 1. The van der Waals surface area contributed by atoms with Crippen molar-refractivity contribution in [2.24, 2.45) is 0 Å². The van der Waals surface area contributed by atoms with Crippen molar-refractivity contribution >= 4 is 16.3 Å². The van der Waals surface area contributed by atoms with Crippen LogP contribution in [0.2, 0.25) is 6.04 Å². The van der Waals surface area contributed by atoms with Gasteiger partial charge >= 0.3 is 6.09 Å². The number of rotatable bonds is 9. The SMILES string of the molecule is COCC(CN(C)C1CCCCCCC1)OC(=O)NCCC[SiH3]. The maximum Gasteiger partial charge on any atom is 0.407 e.